The number of anilines is 1. The maximum absolute atomic E-state index is 5.52. The molecular weight excluding hydrogens is 218 g/mol. The van der Waals surface area contributed by atoms with Gasteiger partial charge in [0.1, 0.15) is 0 Å². The minimum atomic E-state index is 0.253. The predicted molar refractivity (Wildman–Crippen MR) is 67.0 cm³/mol. The van der Waals surface area contributed by atoms with Crippen LogP contribution in [0.15, 0.2) is 18.2 Å². The molecule has 4 nitrogen and oxygen atoms in total. The molecule has 1 aromatic rings. The van der Waals surface area contributed by atoms with Crippen LogP contribution in [0.25, 0.3) is 0 Å². The van der Waals surface area contributed by atoms with E-state index < -0.39 is 0 Å². The van der Waals surface area contributed by atoms with Gasteiger partial charge in [0.25, 0.3) is 0 Å². The normalized spacial score (nSPS) is 23.5. The summed E-state index contributed by atoms with van der Waals surface area (Å²) >= 11 is 0. The molecular formula is C13H19NO3. The van der Waals surface area contributed by atoms with Crippen LogP contribution >= 0.6 is 0 Å². The number of ether oxygens (including phenoxy) is 3. The van der Waals surface area contributed by atoms with Gasteiger partial charge < -0.3 is 19.5 Å². The molecule has 17 heavy (non-hydrogen) atoms. The Morgan fingerprint density at radius 2 is 2.00 bits per heavy atom. The first-order valence-electron chi connectivity index (χ1n) is 5.84. The minimum Gasteiger partial charge on any atom is -0.493 e. The van der Waals surface area contributed by atoms with Gasteiger partial charge in [0.2, 0.25) is 0 Å². The monoisotopic (exact) mass is 237 g/mol. The SMILES string of the molecule is COc1ccc(NC2CCOC2C)cc1OC. The van der Waals surface area contributed by atoms with E-state index in [9.17, 15) is 0 Å². The van der Waals surface area contributed by atoms with Crippen molar-refractivity contribution in [1.82, 2.24) is 0 Å². The molecule has 1 aromatic carbocycles. The third-order valence-electron chi connectivity index (χ3n) is 3.11. The maximum atomic E-state index is 5.52. The quantitative estimate of drug-likeness (QED) is 0.872. The predicted octanol–water partition coefficient (Wildman–Crippen LogP) is 2.29. The molecule has 0 aliphatic carbocycles. The van der Waals surface area contributed by atoms with Crippen molar-refractivity contribution in [2.75, 3.05) is 26.1 Å². The summed E-state index contributed by atoms with van der Waals surface area (Å²) in [6, 6.07) is 6.21. The van der Waals surface area contributed by atoms with Gasteiger partial charge in [-0.25, -0.2) is 0 Å². The Kier molecular flexibility index (Phi) is 3.74. The summed E-state index contributed by atoms with van der Waals surface area (Å²) in [4.78, 5) is 0. The van der Waals surface area contributed by atoms with Crippen molar-refractivity contribution >= 4 is 5.69 Å². The number of benzene rings is 1. The van der Waals surface area contributed by atoms with E-state index >= 15 is 0 Å². The highest BCUT2D eigenvalue weighted by Gasteiger charge is 2.24. The van der Waals surface area contributed by atoms with E-state index in [1.807, 2.05) is 18.2 Å². The Labute approximate surface area is 102 Å². The van der Waals surface area contributed by atoms with Gasteiger partial charge in [0.05, 0.1) is 26.4 Å². The van der Waals surface area contributed by atoms with Crippen LogP contribution in [0, 0.1) is 0 Å². The molecule has 1 aliphatic rings. The first-order chi connectivity index (χ1) is 8.24. The third-order valence-corrected chi connectivity index (χ3v) is 3.11. The standard InChI is InChI=1S/C13H19NO3/c1-9-11(6-7-17-9)14-10-4-5-12(15-2)13(8-10)16-3/h4-5,8-9,11,14H,6-7H2,1-3H3. The minimum absolute atomic E-state index is 0.253. The molecule has 2 rings (SSSR count). The lowest BCUT2D eigenvalue weighted by Gasteiger charge is -2.18. The van der Waals surface area contributed by atoms with Gasteiger partial charge in [-0.2, -0.15) is 0 Å². The smallest absolute Gasteiger partial charge is 0.162 e. The van der Waals surface area contributed by atoms with Crippen LogP contribution in [0.3, 0.4) is 0 Å². The summed E-state index contributed by atoms with van der Waals surface area (Å²) in [6.45, 7) is 2.91. The fourth-order valence-corrected chi connectivity index (χ4v) is 2.06. The molecule has 1 fully saturated rings. The van der Waals surface area contributed by atoms with Crippen molar-refractivity contribution in [3.05, 3.63) is 18.2 Å². The number of hydrogen-bond acceptors (Lipinski definition) is 4. The van der Waals surface area contributed by atoms with Gasteiger partial charge in [0, 0.05) is 18.4 Å². The van der Waals surface area contributed by atoms with Gasteiger partial charge in [-0.05, 0) is 25.5 Å². The highest BCUT2D eigenvalue weighted by Crippen LogP contribution is 2.30. The zero-order valence-corrected chi connectivity index (χ0v) is 10.5. The van der Waals surface area contributed by atoms with E-state index in [1.165, 1.54) is 0 Å². The molecule has 2 unspecified atom stereocenters. The molecule has 0 radical (unpaired) electrons. The molecule has 0 aromatic heterocycles. The molecule has 1 aliphatic heterocycles. The largest absolute Gasteiger partial charge is 0.493 e. The van der Waals surface area contributed by atoms with E-state index in [-0.39, 0.29) is 6.10 Å². The average molecular weight is 237 g/mol. The number of hydrogen-bond donors (Lipinski definition) is 1. The molecule has 2 atom stereocenters. The lowest BCUT2D eigenvalue weighted by molar-refractivity contribution is 0.121. The first kappa shape index (κ1) is 12.0. The van der Waals surface area contributed by atoms with E-state index in [0.29, 0.717) is 6.04 Å². The van der Waals surface area contributed by atoms with Gasteiger partial charge in [-0.1, -0.05) is 0 Å². The second kappa shape index (κ2) is 5.27. The molecule has 1 saturated heterocycles. The van der Waals surface area contributed by atoms with Gasteiger partial charge >= 0.3 is 0 Å². The fourth-order valence-electron chi connectivity index (χ4n) is 2.06. The summed E-state index contributed by atoms with van der Waals surface area (Å²) in [6.07, 6.45) is 1.29. The number of nitrogens with one attached hydrogen (secondary N) is 1. The molecule has 0 saturated carbocycles. The Morgan fingerprint density at radius 3 is 2.59 bits per heavy atom. The molecule has 1 N–H and O–H groups in total. The first-order valence-corrected chi connectivity index (χ1v) is 5.84. The van der Waals surface area contributed by atoms with E-state index in [4.69, 9.17) is 14.2 Å². The fraction of sp³-hybridized carbons (Fsp3) is 0.538. The van der Waals surface area contributed by atoms with Crippen molar-refractivity contribution < 1.29 is 14.2 Å². The molecule has 0 amide bonds. The molecule has 0 bridgehead atoms. The second-order valence-electron chi connectivity index (χ2n) is 4.19. The molecule has 0 spiro atoms. The van der Waals surface area contributed by atoms with E-state index in [0.717, 1.165) is 30.2 Å². The highest BCUT2D eigenvalue weighted by molar-refractivity contribution is 5.55. The lowest BCUT2D eigenvalue weighted by atomic mass is 10.1. The van der Waals surface area contributed by atoms with Crippen LogP contribution < -0.4 is 14.8 Å². The van der Waals surface area contributed by atoms with E-state index in [1.54, 1.807) is 14.2 Å². The van der Waals surface area contributed by atoms with Crippen LogP contribution in [0.4, 0.5) is 5.69 Å². The van der Waals surface area contributed by atoms with E-state index in [2.05, 4.69) is 12.2 Å². The number of methoxy groups -OCH3 is 2. The summed E-state index contributed by atoms with van der Waals surface area (Å²) in [5.41, 5.74) is 1.03. The Bertz CT molecular complexity index is 381. The van der Waals surface area contributed by atoms with Crippen molar-refractivity contribution in [2.24, 2.45) is 0 Å². The zero-order valence-electron chi connectivity index (χ0n) is 10.5. The summed E-state index contributed by atoms with van der Waals surface area (Å²) in [7, 11) is 3.28. The molecule has 94 valence electrons. The van der Waals surface area contributed by atoms with Gasteiger partial charge in [-0.3, -0.25) is 0 Å². The summed E-state index contributed by atoms with van der Waals surface area (Å²) in [5.74, 6) is 1.48. The highest BCUT2D eigenvalue weighted by atomic mass is 16.5. The molecule has 1 heterocycles. The van der Waals surface area contributed by atoms with Crippen LogP contribution in [0.2, 0.25) is 0 Å². The lowest BCUT2D eigenvalue weighted by Crippen LogP contribution is -2.26. The Morgan fingerprint density at radius 1 is 1.24 bits per heavy atom. The van der Waals surface area contributed by atoms with Crippen molar-refractivity contribution in [2.45, 2.75) is 25.5 Å². The maximum Gasteiger partial charge on any atom is 0.162 e. The van der Waals surface area contributed by atoms with Crippen molar-refractivity contribution in [1.29, 1.82) is 0 Å². The second-order valence-corrected chi connectivity index (χ2v) is 4.19. The van der Waals surface area contributed by atoms with Crippen molar-refractivity contribution in [3.8, 4) is 11.5 Å². The molecule has 4 heteroatoms. The van der Waals surface area contributed by atoms with Crippen molar-refractivity contribution in [3.63, 3.8) is 0 Å². The van der Waals surface area contributed by atoms with Crippen LogP contribution in [-0.4, -0.2) is 33.0 Å². The Hall–Kier alpha value is -1.42. The number of rotatable bonds is 4. The zero-order chi connectivity index (χ0) is 12.3. The topological polar surface area (TPSA) is 39.7 Å². The average Bonchev–Trinajstić information content (AvgIpc) is 2.75. The van der Waals surface area contributed by atoms with Crippen LogP contribution in [0.5, 0.6) is 11.5 Å². The third kappa shape index (κ3) is 2.64. The summed E-state index contributed by atoms with van der Waals surface area (Å²) in [5, 5.41) is 3.46. The van der Waals surface area contributed by atoms with Gasteiger partial charge in [0.15, 0.2) is 11.5 Å². The summed E-state index contributed by atoms with van der Waals surface area (Å²) < 4.78 is 16.0. The van der Waals surface area contributed by atoms with Gasteiger partial charge in [-0.15, -0.1) is 0 Å². The Balaban J connectivity index is 2.10. The van der Waals surface area contributed by atoms with Crippen LogP contribution in [-0.2, 0) is 4.74 Å². The van der Waals surface area contributed by atoms with Crippen LogP contribution in [0.1, 0.15) is 13.3 Å².